The van der Waals surface area contributed by atoms with Gasteiger partial charge in [-0.1, -0.05) is 48.0 Å². The highest BCUT2D eigenvalue weighted by atomic mass is 35.5. The fourth-order valence-electron chi connectivity index (χ4n) is 4.44. The van der Waals surface area contributed by atoms with Crippen molar-refractivity contribution in [2.75, 3.05) is 24.3 Å². The van der Waals surface area contributed by atoms with Crippen LogP contribution in [0.3, 0.4) is 0 Å². The second-order valence-electron chi connectivity index (χ2n) is 9.12. The van der Waals surface area contributed by atoms with Crippen molar-refractivity contribution in [1.29, 1.82) is 0 Å². The zero-order valence-corrected chi connectivity index (χ0v) is 22.0. The maximum atomic E-state index is 13.8. The van der Waals surface area contributed by atoms with E-state index in [2.05, 4.69) is 10.6 Å². The summed E-state index contributed by atoms with van der Waals surface area (Å²) in [4.78, 5) is 33.4. The van der Waals surface area contributed by atoms with Crippen LogP contribution in [0.25, 0.3) is 5.69 Å². The van der Waals surface area contributed by atoms with Gasteiger partial charge < -0.3 is 20.3 Å². The van der Waals surface area contributed by atoms with Crippen molar-refractivity contribution in [1.82, 2.24) is 14.5 Å². The Kier molecular flexibility index (Phi) is 7.33. The normalized spacial score (nSPS) is 12.6. The molecule has 9 heteroatoms. The maximum Gasteiger partial charge on any atom is 0.322 e. The number of fused-ring (bicyclic) bond motifs is 1. The molecule has 2 heterocycles. The van der Waals surface area contributed by atoms with Gasteiger partial charge in [-0.15, -0.1) is 0 Å². The molecule has 4 aromatic rings. The second kappa shape index (κ2) is 11.0. The molecule has 5 rings (SSSR count). The van der Waals surface area contributed by atoms with Crippen molar-refractivity contribution in [2.24, 2.45) is 0 Å². The number of para-hydroxylation sites is 1. The van der Waals surface area contributed by atoms with Crippen molar-refractivity contribution in [3.8, 4) is 11.4 Å². The zero-order valence-electron chi connectivity index (χ0n) is 21.2. The van der Waals surface area contributed by atoms with Crippen LogP contribution in [0, 0.1) is 6.92 Å². The van der Waals surface area contributed by atoms with Crippen LogP contribution in [0.15, 0.2) is 77.6 Å². The minimum Gasteiger partial charge on any atom is -0.497 e. The lowest BCUT2D eigenvalue weighted by molar-refractivity contribution is 0.205. The minimum absolute atomic E-state index is 0.155. The van der Waals surface area contributed by atoms with Gasteiger partial charge in [0, 0.05) is 19.5 Å². The quantitative estimate of drug-likeness (QED) is 0.349. The molecular formula is C29H28ClN5O3. The summed E-state index contributed by atoms with van der Waals surface area (Å²) in [6.45, 7) is 3.00. The first-order chi connectivity index (χ1) is 18.4. The fourth-order valence-corrected chi connectivity index (χ4v) is 4.60. The van der Waals surface area contributed by atoms with Crippen LogP contribution >= 0.6 is 11.6 Å². The van der Waals surface area contributed by atoms with Crippen LogP contribution in [0.4, 0.5) is 16.4 Å². The summed E-state index contributed by atoms with van der Waals surface area (Å²) >= 11 is 6.27. The highest BCUT2D eigenvalue weighted by Gasteiger charge is 2.27. The number of aromatic nitrogens is 2. The van der Waals surface area contributed by atoms with Gasteiger partial charge in [0.2, 0.25) is 5.95 Å². The number of carbonyl (C=O) groups is 1. The van der Waals surface area contributed by atoms with E-state index in [9.17, 15) is 9.59 Å². The number of carbonyl (C=O) groups excluding carboxylic acids is 1. The molecule has 194 valence electrons. The third-order valence-electron chi connectivity index (χ3n) is 6.50. The van der Waals surface area contributed by atoms with Crippen molar-refractivity contribution >= 4 is 29.3 Å². The summed E-state index contributed by atoms with van der Waals surface area (Å²) in [5, 5.41) is 6.68. The van der Waals surface area contributed by atoms with Gasteiger partial charge in [0.1, 0.15) is 5.75 Å². The zero-order chi connectivity index (χ0) is 26.6. The Hall–Kier alpha value is -4.30. The van der Waals surface area contributed by atoms with E-state index < -0.39 is 0 Å². The number of urea groups is 1. The van der Waals surface area contributed by atoms with Gasteiger partial charge in [-0.25, -0.2) is 14.3 Å². The van der Waals surface area contributed by atoms with Crippen molar-refractivity contribution in [2.45, 2.75) is 26.4 Å². The number of anilines is 2. The molecule has 1 aromatic heterocycles. The summed E-state index contributed by atoms with van der Waals surface area (Å²) in [5.41, 5.74) is 4.23. The Balaban J connectivity index is 1.44. The van der Waals surface area contributed by atoms with Gasteiger partial charge in [0.05, 0.1) is 41.3 Å². The molecule has 0 radical (unpaired) electrons. The first-order valence-electron chi connectivity index (χ1n) is 12.3. The molecule has 0 fully saturated rings. The highest BCUT2D eigenvalue weighted by molar-refractivity contribution is 6.33. The predicted molar refractivity (Wildman–Crippen MR) is 149 cm³/mol. The molecule has 0 saturated heterocycles. The minimum atomic E-state index is -0.310. The number of hydrogen-bond donors (Lipinski definition) is 2. The van der Waals surface area contributed by atoms with Crippen LogP contribution in [-0.4, -0.2) is 34.1 Å². The maximum absolute atomic E-state index is 13.8. The van der Waals surface area contributed by atoms with E-state index in [-0.39, 0.29) is 18.1 Å². The molecule has 2 amide bonds. The lowest BCUT2D eigenvalue weighted by Gasteiger charge is -2.29. The number of ether oxygens (including phenoxy) is 1. The molecule has 38 heavy (non-hydrogen) atoms. The van der Waals surface area contributed by atoms with Gasteiger partial charge in [-0.3, -0.25) is 4.79 Å². The molecule has 0 atom stereocenters. The Morgan fingerprint density at radius 3 is 2.58 bits per heavy atom. The first-order valence-corrected chi connectivity index (χ1v) is 12.7. The average Bonchev–Trinajstić information content (AvgIpc) is 2.94. The largest absolute Gasteiger partial charge is 0.497 e. The second-order valence-corrected chi connectivity index (χ2v) is 9.53. The predicted octanol–water partition coefficient (Wildman–Crippen LogP) is 5.41. The van der Waals surface area contributed by atoms with Gasteiger partial charge in [0.25, 0.3) is 5.56 Å². The van der Waals surface area contributed by atoms with E-state index in [4.69, 9.17) is 21.3 Å². The first kappa shape index (κ1) is 25.4. The lowest BCUT2D eigenvalue weighted by Crippen LogP contribution is -2.43. The highest BCUT2D eigenvalue weighted by Crippen LogP contribution is 2.25. The van der Waals surface area contributed by atoms with Crippen molar-refractivity contribution in [3.05, 3.63) is 111 Å². The lowest BCUT2D eigenvalue weighted by atomic mass is 10.1. The molecule has 2 N–H and O–H groups in total. The van der Waals surface area contributed by atoms with Crippen LogP contribution < -0.4 is 20.9 Å². The number of amides is 2. The topological polar surface area (TPSA) is 88.5 Å². The Labute approximate surface area is 225 Å². The van der Waals surface area contributed by atoms with E-state index in [1.807, 2.05) is 73.7 Å². The molecule has 0 aliphatic carbocycles. The number of rotatable bonds is 6. The summed E-state index contributed by atoms with van der Waals surface area (Å²) in [6, 6.07) is 22.2. The number of benzene rings is 3. The number of nitrogens with one attached hydrogen (secondary N) is 2. The average molecular weight is 530 g/mol. The van der Waals surface area contributed by atoms with E-state index in [1.54, 1.807) is 22.6 Å². The van der Waals surface area contributed by atoms with E-state index in [0.717, 1.165) is 16.9 Å². The van der Waals surface area contributed by atoms with Gasteiger partial charge in [-0.2, -0.15) is 0 Å². The molecular weight excluding hydrogens is 502 g/mol. The number of nitrogens with zero attached hydrogens (tertiary/aromatic N) is 3. The Morgan fingerprint density at radius 1 is 1.08 bits per heavy atom. The van der Waals surface area contributed by atoms with Crippen LogP contribution in [0.2, 0.25) is 5.02 Å². The van der Waals surface area contributed by atoms with Crippen LogP contribution in [-0.2, 0) is 19.5 Å². The van der Waals surface area contributed by atoms with Gasteiger partial charge in [0.15, 0.2) is 0 Å². The van der Waals surface area contributed by atoms with Crippen LogP contribution in [0.1, 0.15) is 22.4 Å². The molecule has 0 spiro atoms. The summed E-state index contributed by atoms with van der Waals surface area (Å²) in [7, 11) is 1.63. The monoisotopic (exact) mass is 529 g/mol. The molecule has 0 unspecified atom stereocenters. The standard InChI is InChI=1S/C29H28ClN5O3/c1-19-8-13-24(30)26(16-19)33-29(37)34-15-14-25-23(18-34)27(36)35(21-6-4-3-5-7-21)28(32-25)31-17-20-9-11-22(38-2)12-10-20/h3-13,16H,14-15,17-18H2,1-2H3,(H,31,32)(H,33,37). The van der Waals surface area contributed by atoms with Crippen molar-refractivity contribution in [3.63, 3.8) is 0 Å². The smallest absolute Gasteiger partial charge is 0.322 e. The molecule has 0 bridgehead atoms. The number of methoxy groups -OCH3 is 1. The Morgan fingerprint density at radius 2 is 1.84 bits per heavy atom. The number of hydrogen-bond acceptors (Lipinski definition) is 5. The third-order valence-corrected chi connectivity index (χ3v) is 6.83. The summed E-state index contributed by atoms with van der Waals surface area (Å²) in [5.74, 6) is 1.24. The third kappa shape index (κ3) is 5.35. The SMILES string of the molecule is COc1ccc(CNc2nc3c(c(=O)n2-c2ccccc2)CN(C(=O)Nc2cc(C)ccc2Cl)CC3)cc1. The molecule has 8 nitrogen and oxygen atoms in total. The van der Waals surface area contributed by atoms with Gasteiger partial charge in [-0.05, 0) is 54.4 Å². The molecule has 3 aromatic carbocycles. The number of aryl methyl sites for hydroxylation is 1. The van der Waals surface area contributed by atoms with E-state index >= 15 is 0 Å². The number of halogens is 1. The van der Waals surface area contributed by atoms with E-state index in [1.165, 1.54) is 0 Å². The summed E-state index contributed by atoms with van der Waals surface area (Å²) < 4.78 is 6.81. The van der Waals surface area contributed by atoms with Crippen molar-refractivity contribution < 1.29 is 9.53 Å². The Bertz CT molecular complexity index is 1520. The van der Waals surface area contributed by atoms with Gasteiger partial charge >= 0.3 is 6.03 Å². The molecule has 1 aliphatic rings. The van der Waals surface area contributed by atoms with E-state index in [0.29, 0.717) is 53.1 Å². The molecule has 0 saturated carbocycles. The fraction of sp³-hybridized carbons (Fsp3) is 0.207. The van der Waals surface area contributed by atoms with Crippen LogP contribution in [0.5, 0.6) is 5.75 Å². The molecule has 1 aliphatic heterocycles. The summed E-state index contributed by atoms with van der Waals surface area (Å²) in [6.07, 6.45) is 0.465.